The summed E-state index contributed by atoms with van der Waals surface area (Å²) in [5, 5.41) is 0. The van der Waals surface area contributed by atoms with Gasteiger partial charge in [0.2, 0.25) is 5.78 Å². The van der Waals surface area contributed by atoms with E-state index < -0.39 is 0 Å². The zero-order valence-electron chi connectivity index (χ0n) is 13.6. The monoisotopic (exact) mass is 309 g/mol. The van der Waals surface area contributed by atoms with Gasteiger partial charge in [0.1, 0.15) is 17.1 Å². The van der Waals surface area contributed by atoms with Crippen molar-refractivity contribution >= 4 is 11.9 Å². The highest BCUT2D eigenvalue weighted by Gasteiger charge is 2.35. The summed E-state index contributed by atoms with van der Waals surface area (Å²) < 4.78 is 13.9. The average Bonchev–Trinajstić information content (AvgIpc) is 3.03. The summed E-state index contributed by atoms with van der Waals surface area (Å²) in [7, 11) is 1.94. The van der Waals surface area contributed by atoms with Gasteiger partial charge in [0.25, 0.3) is 0 Å². The van der Waals surface area contributed by atoms with Gasteiger partial charge in [-0.1, -0.05) is 0 Å². The molecule has 118 valence electrons. The molecule has 3 heterocycles. The predicted octanol–water partition coefficient (Wildman–Crippen LogP) is 3.74. The zero-order chi connectivity index (χ0) is 16.2. The number of rotatable bonds is 1. The lowest BCUT2D eigenvalue weighted by atomic mass is 9.92. The van der Waals surface area contributed by atoms with Crippen LogP contribution in [0.1, 0.15) is 41.9 Å². The molecule has 2 aliphatic heterocycles. The van der Waals surface area contributed by atoms with Gasteiger partial charge in [-0.25, -0.2) is 0 Å². The van der Waals surface area contributed by atoms with E-state index in [1.165, 1.54) is 0 Å². The third-order valence-electron chi connectivity index (χ3n) is 4.52. The number of fused-ring (bicyclic) bond motifs is 3. The first-order valence-electron chi connectivity index (χ1n) is 7.85. The zero-order valence-corrected chi connectivity index (χ0v) is 13.6. The van der Waals surface area contributed by atoms with E-state index in [1.54, 1.807) is 6.08 Å². The Bertz CT molecular complexity index is 842. The van der Waals surface area contributed by atoms with Gasteiger partial charge in [0, 0.05) is 30.6 Å². The Balaban J connectivity index is 1.75. The van der Waals surface area contributed by atoms with Gasteiger partial charge in [-0.3, -0.25) is 4.79 Å². The van der Waals surface area contributed by atoms with Gasteiger partial charge < -0.3 is 14.0 Å². The Morgan fingerprint density at radius 2 is 2.09 bits per heavy atom. The first-order chi connectivity index (χ1) is 10.9. The van der Waals surface area contributed by atoms with E-state index >= 15 is 0 Å². The Labute approximate surface area is 135 Å². The topological polar surface area (TPSA) is 40.5 Å². The molecule has 0 saturated carbocycles. The number of nitrogens with zero attached hydrogens (tertiary/aromatic N) is 1. The number of Topliss-reactive ketones (excluding diaryl/α,β-unsaturated/α-hetero) is 1. The summed E-state index contributed by atoms with van der Waals surface area (Å²) >= 11 is 0. The van der Waals surface area contributed by atoms with E-state index in [4.69, 9.17) is 9.47 Å². The predicted molar refractivity (Wildman–Crippen MR) is 87.8 cm³/mol. The minimum atomic E-state index is -0.175. The van der Waals surface area contributed by atoms with Crippen LogP contribution in [-0.2, 0) is 13.5 Å². The second-order valence-corrected chi connectivity index (χ2v) is 6.76. The van der Waals surface area contributed by atoms with Crippen LogP contribution >= 0.6 is 0 Å². The first kappa shape index (κ1) is 14.1. The molecule has 0 spiro atoms. The molecule has 0 radical (unpaired) electrons. The fourth-order valence-electron chi connectivity index (χ4n) is 3.15. The summed E-state index contributed by atoms with van der Waals surface area (Å²) in [4.78, 5) is 12.6. The van der Waals surface area contributed by atoms with E-state index in [2.05, 4.69) is 13.8 Å². The highest BCUT2D eigenvalue weighted by atomic mass is 16.5. The van der Waals surface area contributed by atoms with Crippen LogP contribution in [0.4, 0.5) is 0 Å². The van der Waals surface area contributed by atoms with Crippen molar-refractivity contribution in [3.63, 3.8) is 0 Å². The highest BCUT2D eigenvalue weighted by molar-refractivity contribution is 6.14. The normalized spacial score (nSPS) is 20.0. The number of carbonyl (C=O) groups excluding carboxylic acids is 1. The van der Waals surface area contributed by atoms with E-state index in [-0.39, 0.29) is 11.4 Å². The number of carbonyl (C=O) groups is 1. The molecule has 2 aliphatic rings. The maximum absolute atomic E-state index is 12.6. The fourth-order valence-corrected chi connectivity index (χ4v) is 3.15. The Hall–Kier alpha value is -2.49. The molecule has 23 heavy (non-hydrogen) atoms. The Morgan fingerprint density at radius 3 is 2.83 bits per heavy atom. The molecule has 2 aromatic rings. The summed E-state index contributed by atoms with van der Waals surface area (Å²) in [6.07, 6.45) is 5.50. The molecule has 0 fully saturated rings. The quantitative estimate of drug-likeness (QED) is 0.753. The van der Waals surface area contributed by atoms with Crippen molar-refractivity contribution in [1.29, 1.82) is 0 Å². The van der Waals surface area contributed by atoms with Crippen molar-refractivity contribution in [3.8, 4) is 11.5 Å². The molecular formula is C19H19NO3. The molecule has 0 atom stereocenters. The second kappa shape index (κ2) is 4.75. The first-order valence-corrected chi connectivity index (χ1v) is 7.85. The molecule has 0 amide bonds. The van der Waals surface area contributed by atoms with Crippen molar-refractivity contribution in [2.24, 2.45) is 7.05 Å². The molecule has 4 rings (SSSR count). The van der Waals surface area contributed by atoms with Gasteiger partial charge in [-0.2, -0.15) is 0 Å². The third kappa shape index (κ3) is 2.25. The SMILES string of the molecule is Cn1cccc1/C=C1\Oc2c(ccc3c2CCC(C)(C)O3)C1=O. The molecule has 4 heteroatoms. The fraction of sp³-hybridized carbons (Fsp3) is 0.316. The van der Waals surface area contributed by atoms with Crippen molar-refractivity contribution < 1.29 is 14.3 Å². The van der Waals surface area contributed by atoms with Gasteiger partial charge in [-0.05, 0) is 51.0 Å². The number of aryl methyl sites for hydroxylation is 1. The van der Waals surface area contributed by atoms with Crippen LogP contribution in [0.25, 0.3) is 6.08 Å². The van der Waals surface area contributed by atoms with E-state index in [0.717, 1.165) is 29.8 Å². The molecular weight excluding hydrogens is 290 g/mol. The maximum atomic E-state index is 12.6. The summed E-state index contributed by atoms with van der Waals surface area (Å²) in [5.41, 5.74) is 2.40. The molecule has 1 aromatic carbocycles. The Kier molecular flexibility index (Phi) is 2.92. The van der Waals surface area contributed by atoms with Crippen molar-refractivity contribution in [2.45, 2.75) is 32.3 Å². The number of hydrogen-bond acceptors (Lipinski definition) is 3. The lowest BCUT2D eigenvalue weighted by Gasteiger charge is -2.33. The minimum absolute atomic E-state index is 0.0613. The largest absolute Gasteiger partial charge is 0.487 e. The number of allylic oxidation sites excluding steroid dienone is 1. The Morgan fingerprint density at radius 1 is 1.26 bits per heavy atom. The average molecular weight is 309 g/mol. The van der Waals surface area contributed by atoms with Crippen LogP contribution in [0.3, 0.4) is 0 Å². The smallest absolute Gasteiger partial charge is 0.232 e. The highest BCUT2D eigenvalue weighted by Crippen LogP contribution is 2.44. The maximum Gasteiger partial charge on any atom is 0.232 e. The molecule has 0 aliphatic carbocycles. The number of benzene rings is 1. The molecule has 4 nitrogen and oxygen atoms in total. The molecule has 0 N–H and O–H groups in total. The van der Waals surface area contributed by atoms with Crippen LogP contribution in [0.15, 0.2) is 36.2 Å². The van der Waals surface area contributed by atoms with Crippen LogP contribution in [-0.4, -0.2) is 16.0 Å². The van der Waals surface area contributed by atoms with Gasteiger partial charge in [-0.15, -0.1) is 0 Å². The van der Waals surface area contributed by atoms with Crippen molar-refractivity contribution in [1.82, 2.24) is 4.57 Å². The molecule has 0 bridgehead atoms. The van der Waals surface area contributed by atoms with Crippen LogP contribution in [0, 0.1) is 0 Å². The van der Waals surface area contributed by atoms with Gasteiger partial charge in [0.15, 0.2) is 5.76 Å². The number of hydrogen-bond donors (Lipinski definition) is 0. The lowest BCUT2D eigenvalue weighted by Crippen LogP contribution is -2.32. The summed E-state index contributed by atoms with van der Waals surface area (Å²) in [6, 6.07) is 7.59. The van der Waals surface area contributed by atoms with E-state index in [9.17, 15) is 4.79 Å². The van der Waals surface area contributed by atoms with E-state index in [0.29, 0.717) is 17.1 Å². The number of ether oxygens (including phenoxy) is 2. The van der Waals surface area contributed by atoms with E-state index in [1.807, 2.05) is 42.1 Å². The third-order valence-corrected chi connectivity index (χ3v) is 4.52. The molecule has 1 aromatic heterocycles. The van der Waals surface area contributed by atoms with Crippen molar-refractivity contribution in [2.75, 3.05) is 0 Å². The lowest BCUT2D eigenvalue weighted by molar-refractivity contribution is 0.0838. The van der Waals surface area contributed by atoms with Crippen LogP contribution in [0.5, 0.6) is 11.5 Å². The van der Waals surface area contributed by atoms with Crippen LogP contribution in [0.2, 0.25) is 0 Å². The second-order valence-electron chi connectivity index (χ2n) is 6.76. The summed E-state index contributed by atoms with van der Waals surface area (Å²) in [6.45, 7) is 4.16. The number of aromatic nitrogens is 1. The van der Waals surface area contributed by atoms with Gasteiger partial charge in [0.05, 0.1) is 5.56 Å². The standard InChI is InChI=1S/C19H19NO3/c1-19(2)9-8-13-15(23-19)7-6-14-17(21)16(22-18(13)14)11-12-5-4-10-20(12)3/h4-7,10-11H,8-9H2,1-3H3/b16-11-. The van der Waals surface area contributed by atoms with Crippen molar-refractivity contribution in [3.05, 3.63) is 53.0 Å². The number of ketones is 1. The summed E-state index contributed by atoms with van der Waals surface area (Å²) in [5.74, 6) is 1.81. The molecule has 0 saturated heterocycles. The molecule has 0 unspecified atom stereocenters. The van der Waals surface area contributed by atoms with Gasteiger partial charge >= 0.3 is 0 Å². The van der Waals surface area contributed by atoms with Crippen LogP contribution < -0.4 is 9.47 Å². The minimum Gasteiger partial charge on any atom is -0.487 e.